The molecular weight excluding hydrogens is 214 g/mol. The van der Waals surface area contributed by atoms with E-state index in [0.29, 0.717) is 5.92 Å². The smallest absolute Gasteiger partial charge is 0.223 e. The number of hydrogen-bond donors (Lipinski definition) is 2. The highest BCUT2D eigenvalue weighted by Crippen LogP contribution is 2.31. The van der Waals surface area contributed by atoms with Gasteiger partial charge in [0.15, 0.2) is 0 Å². The number of aromatic amines is 1. The third-order valence-corrected chi connectivity index (χ3v) is 3.77. The summed E-state index contributed by atoms with van der Waals surface area (Å²) in [6.07, 6.45) is 7.76. The first-order valence-electron chi connectivity index (χ1n) is 6.52. The zero-order chi connectivity index (χ0) is 12.3. The highest BCUT2D eigenvalue weighted by Gasteiger charge is 2.31. The van der Waals surface area contributed by atoms with Crippen LogP contribution in [0.25, 0.3) is 0 Å². The average Bonchev–Trinajstić information content (AvgIpc) is 2.96. The molecule has 0 radical (unpaired) electrons. The van der Waals surface area contributed by atoms with E-state index in [1.54, 1.807) is 12.4 Å². The topological polar surface area (TPSA) is 57.8 Å². The standard InChI is InChI=1S/C13H21N3O/c1-3-11(12-14-7-8-15-12)16-13(17)10-6-4-5-9(10)2/h7-11H,3-6H2,1-2H3,(H,14,15)(H,16,17). The maximum absolute atomic E-state index is 12.2. The quantitative estimate of drug-likeness (QED) is 0.842. The van der Waals surface area contributed by atoms with Crippen LogP contribution in [0, 0.1) is 11.8 Å². The predicted molar refractivity (Wildman–Crippen MR) is 66.3 cm³/mol. The molecule has 0 bridgehead atoms. The maximum atomic E-state index is 12.2. The van der Waals surface area contributed by atoms with Crippen LogP contribution < -0.4 is 5.32 Å². The summed E-state index contributed by atoms with van der Waals surface area (Å²) in [5, 5.41) is 3.11. The van der Waals surface area contributed by atoms with Crippen LogP contribution in [0.2, 0.25) is 0 Å². The SMILES string of the molecule is CCC(NC(=O)C1CCCC1C)c1ncc[nH]1. The summed E-state index contributed by atoms with van der Waals surface area (Å²) in [4.78, 5) is 19.5. The second-order valence-corrected chi connectivity index (χ2v) is 4.96. The van der Waals surface area contributed by atoms with Crippen LogP contribution in [-0.2, 0) is 4.79 Å². The Labute approximate surface area is 102 Å². The van der Waals surface area contributed by atoms with Crippen molar-refractivity contribution in [1.82, 2.24) is 15.3 Å². The van der Waals surface area contributed by atoms with Crippen molar-refractivity contribution in [2.24, 2.45) is 11.8 Å². The summed E-state index contributed by atoms with van der Waals surface area (Å²) >= 11 is 0. The Morgan fingerprint density at radius 2 is 2.47 bits per heavy atom. The van der Waals surface area contributed by atoms with Crippen molar-refractivity contribution >= 4 is 5.91 Å². The van der Waals surface area contributed by atoms with E-state index in [4.69, 9.17) is 0 Å². The van der Waals surface area contributed by atoms with Crippen molar-refractivity contribution in [2.75, 3.05) is 0 Å². The molecule has 1 aliphatic rings. The highest BCUT2D eigenvalue weighted by molar-refractivity contribution is 5.79. The van der Waals surface area contributed by atoms with Crippen LogP contribution in [0.15, 0.2) is 12.4 Å². The number of amides is 1. The first-order chi connectivity index (χ1) is 8.22. The number of hydrogen-bond acceptors (Lipinski definition) is 2. The van der Waals surface area contributed by atoms with Gasteiger partial charge < -0.3 is 10.3 Å². The van der Waals surface area contributed by atoms with Crippen molar-refractivity contribution in [3.05, 3.63) is 18.2 Å². The molecule has 4 nitrogen and oxygen atoms in total. The Morgan fingerprint density at radius 3 is 3.00 bits per heavy atom. The van der Waals surface area contributed by atoms with E-state index in [9.17, 15) is 4.79 Å². The first kappa shape index (κ1) is 12.1. The Balaban J connectivity index is 1.97. The van der Waals surface area contributed by atoms with Crippen LogP contribution >= 0.6 is 0 Å². The van der Waals surface area contributed by atoms with E-state index in [-0.39, 0.29) is 17.9 Å². The van der Waals surface area contributed by atoms with Crippen LogP contribution in [-0.4, -0.2) is 15.9 Å². The van der Waals surface area contributed by atoms with Gasteiger partial charge in [-0.3, -0.25) is 4.79 Å². The van der Waals surface area contributed by atoms with Gasteiger partial charge in [-0.05, 0) is 25.2 Å². The van der Waals surface area contributed by atoms with E-state index in [2.05, 4.69) is 29.1 Å². The molecule has 0 spiro atoms. The predicted octanol–water partition coefficient (Wildman–Crippen LogP) is 2.41. The molecule has 1 aromatic rings. The van der Waals surface area contributed by atoms with Crippen LogP contribution in [0.4, 0.5) is 0 Å². The zero-order valence-electron chi connectivity index (χ0n) is 10.6. The van der Waals surface area contributed by atoms with Crippen LogP contribution in [0.3, 0.4) is 0 Å². The fourth-order valence-corrected chi connectivity index (χ4v) is 2.65. The molecule has 1 fully saturated rings. The van der Waals surface area contributed by atoms with E-state index in [1.165, 1.54) is 12.8 Å². The van der Waals surface area contributed by atoms with Crippen molar-refractivity contribution in [2.45, 2.75) is 45.6 Å². The molecule has 0 aromatic carbocycles. The Hall–Kier alpha value is -1.32. The molecule has 1 amide bonds. The molecule has 0 saturated heterocycles. The zero-order valence-corrected chi connectivity index (χ0v) is 10.6. The van der Waals surface area contributed by atoms with E-state index in [0.717, 1.165) is 18.7 Å². The molecule has 94 valence electrons. The van der Waals surface area contributed by atoms with Gasteiger partial charge in [0, 0.05) is 18.3 Å². The summed E-state index contributed by atoms with van der Waals surface area (Å²) in [5.74, 6) is 1.76. The van der Waals surface area contributed by atoms with Crippen molar-refractivity contribution in [3.8, 4) is 0 Å². The molecule has 0 aliphatic heterocycles. The Kier molecular flexibility index (Phi) is 3.82. The molecular formula is C13H21N3O. The summed E-state index contributed by atoms with van der Waals surface area (Å²) < 4.78 is 0. The fraction of sp³-hybridized carbons (Fsp3) is 0.692. The van der Waals surface area contributed by atoms with Crippen molar-refractivity contribution < 1.29 is 4.79 Å². The summed E-state index contributed by atoms with van der Waals surface area (Å²) in [6, 6.07) is 0.0188. The van der Waals surface area contributed by atoms with Gasteiger partial charge in [-0.2, -0.15) is 0 Å². The first-order valence-corrected chi connectivity index (χ1v) is 6.52. The molecule has 2 rings (SSSR count). The third kappa shape index (κ3) is 2.68. The second-order valence-electron chi connectivity index (χ2n) is 4.96. The number of imidazole rings is 1. The number of H-pyrrole nitrogens is 1. The Morgan fingerprint density at radius 1 is 1.65 bits per heavy atom. The minimum atomic E-state index is 0.0188. The van der Waals surface area contributed by atoms with Crippen molar-refractivity contribution in [3.63, 3.8) is 0 Å². The third-order valence-electron chi connectivity index (χ3n) is 3.77. The summed E-state index contributed by atoms with van der Waals surface area (Å²) in [5.41, 5.74) is 0. The highest BCUT2D eigenvalue weighted by atomic mass is 16.2. The molecule has 1 saturated carbocycles. The molecule has 1 aliphatic carbocycles. The normalized spacial score (nSPS) is 25.8. The number of nitrogens with zero attached hydrogens (tertiary/aromatic N) is 1. The molecule has 2 N–H and O–H groups in total. The molecule has 1 heterocycles. The molecule has 1 aromatic heterocycles. The largest absolute Gasteiger partial charge is 0.347 e. The molecule has 3 unspecified atom stereocenters. The number of carbonyl (C=O) groups is 1. The number of rotatable bonds is 4. The van der Waals surface area contributed by atoms with Gasteiger partial charge in [-0.15, -0.1) is 0 Å². The lowest BCUT2D eigenvalue weighted by atomic mass is 9.97. The summed E-state index contributed by atoms with van der Waals surface area (Å²) in [7, 11) is 0. The molecule has 4 heteroatoms. The van der Waals surface area contributed by atoms with Gasteiger partial charge >= 0.3 is 0 Å². The number of carbonyl (C=O) groups excluding carboxylic acids is 1. The number of nitrogens with one attached hydrogen (secondary N) is 2. The minimum Gasteiger partial charge on any atom is -0.347 e. The monoisotopic (exact) mass is 235 g/mol. The van der Waals surface area contributed by atoms with Crippen LogP contribution in [0.1, 0.15) is 51.4 Å². The van der Waals surface area contributed by atoms with E-state index in [1.807, 2.05) is 0 Å². The van der Waals surface area contributed by atoms with Gasteiger partial charge in [-0.1, -0.05) is 20.3 Å². The van der Waals surface area contributed by atoms with E-state index >= 15 is 0 Å². The fourth-order valence-electron chi connectivity index (χ4n) is 2.65. The van der Waals surface area contributed by atoms with Gasteiger partial charge in [0.25, 0.3) is 0 Å². The lowest BCUT2D eigenvalue weighted by molar-refractivity contribution is -0.126. The lowest BCUT2D eigenvalue weighted by Gasteiger charge is -2.20. The summed E-state index contributed by atoms with van der Waals surface area (Å²) in [6.45, 7) is 4.23. The van der Waals surface area contributed by atoms with Gasteiger partial charge in [0.05, 0.1) is 6.04 Å². The maximum Gasteiger partial charge on any atom is 0.223 e. The molecule has 3 atom stereocenters. The number of aromatic nitrogens is 2. The van der Waals surface area contributed by atoms with Gasteiger partial charge in [0.1, 0.15) is 5.82 Å². The minimum absolute atomic E-state index is 0.0188. The van der Waals surface area contributed by atoms with Gasteiger partial charge in [0.2, 0.25) is 5.91 Å². The van der Waals surface area contributed by atoms with Crippen molar-refractivity contribution in [1.29, 1.82) is 0 Å². The Bertz CT molecular complexity index is 361. The molecule has 17 heavy (non-hydrogen) atoms. The average molecular weight is 235 g/mol. The van der Waals surface area contributed by atoms with Gasteiger partial charge in [-0.25, -0.2) is 4.98 Å². The van der Waals surface area contributed by atoms with Crippen LogP contribution in [0.5, 0.6) is 0 Å². The second kappa shape index (κ2) is 5.34. The van der Waals surface area contributed by atoms with E-state index < -0.39 is 0 Å². The lowest BCUT2D eigenvalue weighted by Crippen LogP contribution is -2.35.